The summed E-state index contributed by atoms with van der Waals surface area (Å²) in [7, 11) is 0. The van der Waals surface area contributed by atoms with Crippen molar-refractivity contribution in [1.29, 1.82) is 0 Å². The zero-order chi connectivity index (χ0) is 15.4. The van der Waals surface area contributed by atoms with Crippen molar-refractivity contribution in [2.75, 3.05) is 0 Å². The second-order valence-electron chi connectivity index (χ2n) is 5.16. The van der Waals surface area contributed by atoms with E-state index in [1.54, 1.807) is 22.9 Å². The van der Waals surface area contributed by atoms with Gasteiger partial charge in [0.05, 0.1) is 6.04 Å². The van der Waals surface area contributed by atoms with Crippen molar-refractivity contribution in [3.05, 3.63) is 107 Å². The summed E-state index contributed by atoms with van der Waals surface area (Å²) in [6, 6.07) is 23.6. The molecule has 0 saturated heterocycles. The molecule has 1 aromatic heterocycles. The Kier molecular flexibility index (Phi) is 4.17. The molecular weight excluding hydrogens is 274 g/mol. The Morgan fingerprint density at radius 2 is 1.27 bits per heavy atom. The van der Waals surface area contributed by atoms with Crippen molar-refractivity contribution >= 4 is 0 Å². The molecule has 0 saturated carbocycles. The molecule has 1 N–H and O–H groups in total. The van der Waals surface area contributed by atoms with Crippen LogP contribution >= 0.6 is 0 Å². The van der Waals surface area contributed by atoms with Crippen molar-refractivity contribution in [3.8, 4) is 0 Å². The Morgan fingerprint density at radius 1 is 0.727 bits per heavy atom. The number of rotatable bonds is 4. The van der Waals surface area contributed by atoms with Gasteiger partial charge in [-0.3, -0.25) is 4.79 Å². The first kappa shape index (κ1) is 14.3. The lowest BCUT2D eigenvalue weighted by molar-refractivity contribution is 0.130. The van der Waals surface area contributed by atoms with Gasteiger partial charge in [-0.05, 0) is 17.2 Å². The van der Waals surface area contributed by atoms with Gasteiger partial charge < -0.3 is 9.67 Å². The van der Waals surface area contributed by atoms with Gasteiger partial charge in [-0.2, -0.15) is 0 Å². The normalized spacial score (nSPS) is 13.5. The number of hydrogen-bond donors (Lipinski definition) is 1. The van der Waals surface area contributed by atoms with Crippen molar-refractivity contribution in [3.63, 3.8) is 0 Å². The second-order valence-corrected chi connectivity index (χ2v) is 5.16. The minimum absolute atomic E-state index is 0.133. The van der Waals surface area contributed by atoms with E-state index in [1.165, 1.54) is 6.07 Å². The van der Waals surface area contributed by atoms with Crippen LogP contribution in [0.5, 0.6) is 0 Å². The van der Waals surface area contributed by atoms with Crippen LogP contribution in [0, 0.1) is 0 Å². The van der Waals surface area contributed by atoms with Crippen LogP contribution in [0.25, 0.3) is 0 Å². The third kappa shape index (κ3) is 2.85. The van der Waals surface area contributed by atoms with Crippen molar-refractivity contribution in [2.45, 2.75) is 12.1 Å². The SMILES string of the molecule is O=c1ccccn1C(c1ccccc1)C(O)c1ccccc1. The Balaban J connectivity index is 2.12. The van der Waals surface area contributed by atoms with Gasteiger partial charge in [0, 0.05) is 12.3 Å². The van der Waals surface area contributed by atoms with E-state index in [0.29, 0.717) is 0 Å². The van der Waals surface area contributed by atoms with E-state index >= 15 is 0 Å². The maximum Gasteiger partial charge on any atom is 0.251 e. The quantitative estimate of drug-likeness (QED) is 0.802. The lowest BCUT2D eigenvalue weighted by Crippen LogP contribution is -2.28. The molecule has 110 valence electrons. The summed E-state index contributed by atoms with van der Waals surface area (Å²) in [6.45, 7) is 0. The smallest absolute Gasteiger partial charge is 0.251 e. The number of aromatic nitrogens is 1. The van der Waals surface area contributed by atoms with Crippen LogP contribution in [0.4, 0.5) is 0 Å². The summed E-state index contributed by atoms with van der Waals surface area (Å²) in [5.74, 6) is 0. The van der Waals surface area contributed by atoms with E-state index < -0.39 is 12.1 Å². The fourth-order valence-corrected chi connectivity index (χ4v) is 2.65. The van der Waals surface area contributed by atoms with Crippen LogP contribution in [-0.4, -0.2) is 9.67 Å². The van der Waals surface area contributed by atoms with E-state index in [4.69, 9.17) is 0 Å². The highest BCUT2D eigenvalue weighted by Crippen LogP contribution is 2.31. The van der Waals surface area contributed by atoms with Crippen LogP contribution in [0.2, 0.25) is 0 Å². The maximum absolute atomic E-state index is 12.2. The molecule has 3 aromatic rings. The molecule has 2 aromatic carbocycles. The average Bonchev–Trinajstić information content (AvgIpc) is 2.58. The van der Waals surface area contributed by atoms with Crippen molar-refractivity contribution in [1.82, 2.24) is 4.57 Å². The Labute approximate surface area is 129 Å². The molecule has 3 nitrogen and oxygen atoms in total. The molecule has 0 amide bonds. The highest BCUT2D eigenvalue weighted by Gasteiger charge is 2.24. The molecule has 0 aliphatic heterocycles. The van der Waals surface area contributed by atoms with Crippen molar-refractivity contribution in [2.24, 2.45) is 0 Å². The van der Waals surface area contributed by atoms with E-state index in [-0.39, 0.29) is 5.56 Å². The summed E-state index contributed by atoms with van der Waals surface area (Å²) in [5, 5.41) is 10.9. The summed E-state index contributed by atoms with van der Waals surface area (Å²) in [5.41, 5.74) is 1.55. The average molecular weight is 291 g/mol. The standard InChI is InChI=1S/C19H17NO2/c21-17-13-7-8-14-20(17)18(15-9-3-1-4-10-15)19(22)16-11-5-2-6-12-16/h1-14,18-19,22H. The lowest BCUT2D eigenvalue weighted by atomic mass is 9.95. The summed E-state index contributed by atoms with van der Waals surface area (Å²) >= 11 is 0. The first-order valence-electron chi connectivity index (χ1n) is 7.22. The van der Waals surface area contributed by atoms with Crippen LogP contribution < -0.4 is 5.56 Å². The van der Waals surface area contributed by atoms with Crippen molar-refractivity contribution < 1.29 is 5.11 Å². The third-order valence-electron chi connectivity index (χ3n) is 3.73. The molecule has 2 atom stereocenters. The Bertz CT molecular complexity index is 781. The monoisotopic (exact) mass is 291 g/mol. The number of aliphatic hydroxyl groups is 1. The molecular formula is C19H17NO2. The van der Waals surface area contributed by atoms with E-state index in [1.807, 2.05) is 60.7 Å². The molecule has 0 radical (unpaired) electrons. The van der Waals surface area contributed by atoms with Gasteiger partial charge in [0.2, 0.25) is 0 Å². The van der Waals surface area contributed by atoms with E-state index in [2.05, 4.69) is 0 Å². The molecule has 22 heavy (non-hydrogen) atoms. The van der Waals surface area contributed by atoms with Gasteiger partial charge >= 0.3 is 0 Å². The third-order valence-corrected chi connectivity index (χ3v) is 3.73. The highest BCUT2D eigenvalue weighted by molar-refractivity contribution is 5.27. The number of benzene rings is 2. The molecule has 1 heterocycles. The van der Waals surface area contributed by atoms with Gasteiger partial charge in [-0.15, -0.1) is 0 Å². The predicted octanol–water partition coefficient (Wildman–Crippen LogP) is 3.17. The number of pyridine rings is 1. The number of hydrogen-bond acceptors (Lipinski definition) is 2. The van der Waals surface area contributed by atoms with E-state index in [0.717, 1.165) is 11.1 Å². The maximum atomic E-state index is 12.2. The summed E-state index contributed by atoms with van der Waals surface area (Å²) in [6.07, 6.45) is 0.912. The zero-order valence-corrected chi connectivity index (χ0v) is 12.0. The molecule has 0 aliphatic rings. The van der Waals surface area contributed by atoms with Gasteiger partial charge in [-0.25, -0.2) is 0 Å². The van der Waals surface area contributed by atoms with Gasteiger partial charge in [0.25, 0.3) is 5.56 Å². The van der Waals surface area contributed by atoms with Crippen LogP contribution in [0.3, 0.4) is 0 Å². The first-order chi connectivity index (χ1) is 10.8. The second kappa shape index (κ2) is 6.41. The van der Waals surface area contributed by atoms with Gasteiger partial charge in [0.15, 0.2) is 0 Å². The summed E-state index contributed by atoms with van der Waals surface area (Å²) < 4.78 is 1.58. The number of aliphatic hydroxyl groups excluding tert-OH is 1. The zero-order valence-electron chi connectivity index (χ0n) is 12.0. The fraction of sp³-hybridized carbons (Fsp3) is 0.105. The highest BCUT2D eigenvalue weighted by atomic mass is 16.3. The minimum Gasteiger partial charge on any atom is -0.386 e. The van der Waals surface area contributed by atoms with Gasteiger partial charge in [0.1, 0.15) is 6.10 Å². The lowest BCUT2D eigenvalue weighted by Gasteiger charge is -2.26. The Hall–Kier alpha value is -2.65. The molecule has 0 aliphatic carbocycles. The minimum atomic E-state index is -0.802. The van der Waals surface area contributed by atoms with Crippen LogP contribution in [-0.2, 0) is 0 Å². The molecule has 3 rings (SSSR count). The molecule has 0 fully saturated rings. The largest absolute Gasteiger partial charge is 0.386 e. The van der Waals surface area contributed by atoms with Crippen LogP contribution in [0.15, 0.2) is 89.9 Å². The number of nitrogens with zero attached hydrogens (tertiary/aromatic N) is 1. The topological polar surface area (TPSA) is 42.2 Å². The molecule has 0 bridgehead atoms. The first-order valence-corrected chi connectivity index (χ1v) is 7.22. The fourth-order valence-electron chi connectivity index (χ4n) is 2.65. The molecule has 3 heteroatoms. The Morgan fingerprint density at radius 3 is 1.86 bits per heavy atom. The van der Waals surface area contributed by atoms with Gasteiger partial charge in [-0.1, -0.05) is 66.7 Å². The predicted molar refractivity (Wildman–Crippen MR) is 86.7 cm³/mol. The van der Waals surface area contributed by atoms with E-state index in [9.17, 15) is 9.90 Å². The molecule has 2 unspecified atom stereocenters. The molecule has 0 spiro atoms. The van der Waals surface area contributed by atoms with Crippen LogP contribution in [0.1, 0.15) is 23.3 Å². The summed E-state index contributed by atoms with van der Waals surface area (Å²) in [4.78, 5) is 12.2.